The smallest absolute Gasteiger partial charge is 0.236 e. The monoisotopic (exact) mass is 283 g/mol. The largest absolute Gasteiger partial charge is 0.440 e. The molecule has 2 aromatic heterocycles. The first-order chi connectivity index (χ1) is 8.58. The molecule has 0 spiro atoms. The van der Waals surface area contributed by atoms with Crippen LogP contribution in [0.15, 0.2) is 21.9 Å². The molecule has 0 amide bonds. The molecule has 5 heteroatoms. The molecule has 0 aliphatic rings. The number of thioether (sulfide) groups is 1. The van der Waals surface area contributed by atoms with Crippen molar-refractivity contribution in [1.82, 2.24) is 4.98 Å². The summed E-state index contributed by atoms with van der Waals surface area (Å²) in [5.41, 5.74) is 0.968. The number of aliphatic hydroxyl groups excluding tert-OH is 1. The van der Waals surface area contributed by atoms with E-state index in [1.165, 1.54) is 0 Å². The number of rotatable bonds is 5. The molecule has 0 fully saturated rings. The number of oxazole rings is 1. The van der Waals surface area contributed by atoms with Crippen molar-refractivity contribution in [2.24, 2.45) is 0 Å². The number of aromatic nitrogens is 1. The maximum Gasteiger partial charge on any atom is 0.236 e. The van der Waals surface area contributed by atoms with Gasteiger partial charge >= 0.3 is 0 Å². The number of nitrogens with zero attached hydrogens (tertiary/aromatic N) is 1. The molecule has 0 aliphatic heterocycles. The van der Waals surface area contributed by atoms with Crippen LogP contribution in [-0.4, -0.2) is 21.4 Å². The number of aryl methyl sites for hydroxylation is 1. The zero-order valence-electron chi connectivity index (χ0n) is 10.7. The van der Waals surface area contributed by atoms with Gasteiger partial charge in [-0.05, 0) is 25.3 Å². The van der Waals surface area contributed by atoms with Gasteiger partial charge in [0.05, 0.1) is 16.7 Å². The van der Waals surface area contributed by atoms with Crippen molar-refractivity contribution in [2.75, 3.05) is 0 Å². The van der Waals surface area contributed by atoms with E-state index < -0.39 is 0 Å². The van der Waals surface area contributed by atoms with Gasteiger partial charge in [-0.3, -0.25) is 0 Å². The highest BCUT2D eigenvalue weighted by Gasteiger charge is 2.15. The first-order valence-corrected chi connectivity index (χ1v) is 7.80. The Balaban J connectivity index is 2.06. The minimum atomic E-state index is -0.307. The Kier molecular flexibility index (Phi) is 4.48. The van der Waals surface area contributed by atoms with E-state index in [1.54, 1.807) is 23.1 Å². The Labute approximate surface area is 115 Å². The average molecular weight is 283 g/mol. The molecule has 2 rings (SSSR count). The van der Waals surface area contributed by atoms with Crippen LogP contribution < -0.4 is 0 Å². The van der Waals surface area contributed by atoms with Crippen molar-refractivity contribution >= 4 is 23.1 Å². The summed E-state index contributed by atoms with van der Waals surface area (Å²) in [5, 5.41) is 11.7. The summed E-state index contributed by atoms with van der Waals surface area (Å²) in [6, 6.07) is 3.99. The highest BCUT2D eigenvalue weighted by molar-refractivity contribution is 7.99. The second-order valence-corrected chi connectivity index (χ2v) is 6.57. The van der Waals surface area contributed by atoms with E-state index in [0.29, 0.717) is 5.89 Å². The molecule has 2 heterocycles. The number of aliphatic hydroxyl groups is 1. The van der Waals surface area contributed by atoms with Crippen molar-refractivity contribution in [3.8, 4) is 10.8 Å². The predicted molar refractivity (Wildman–Crippen MR) is 77.0 cm³/mol. The normalized spacial score (nSPS) is 14.7. The number of hydrogen-bond donors (Lipinski definition) is 1. The zero-order valence-corrected chi connectivity index (χ0v) is 12.3. The van der Waals surface area contributed by atoms with Gasteiger partial charge in [-0.1, -0.05) is 13.0 Å². The van der Waals surface area contributed by atoms with Crippen molar-refractivity contribution in [2.45, 2.75) is 37.9 Å². The molecule has 2 atom stereocenters. The SMILES string of the molecule is Cc1oc(-c2cccs2)nc1CS[C@H](C)[C@H](C)O. The van der Waals surface area contributed by atoms with Gasteiger partial charge in [-0.25, -0.2) is 4.98 Å². The van der Waals surface area contributed by atoms with Crippen LogP contribution in [0.1, 0.15) is 25.3 Å². The number of hydrogen-bond acceptors (Lipinski definition) is 5. The summed E-state index contributed by atoms with van der Waals surface area (Å²) >= 11 is 3.32. The van der Waals surface area contributed by atoms with Crippen LogP contribution in [0.2, 0.25) is 0 Å². The van der Waals surface area contributed by atoms with Gasteiger partial charge in [0, 0.05) is 11.0 Å². The summed E-state index contributed by atoms with van der Waals surface area (Å²) in [6.45, 7) is 5.77. The Morgan fingerprint density at radius 1 is 1.50 bits per heavy atom. The van der Waals surface area contributed by atoms with Gasteiger partial charge in [0.15, 0.2) is 0 Å². The van der Waals surface area contributed by atoms with E-state index in [1.807, 2.05) is 38.3 Å². The lowest BCUT2D eigenvalue weighted by molar-refractivity contribution is 0.196. The third kappa shape index (κ3) is 3.16. The van der Waals surface area contributed by atoms with Crippen molar-refractivity contribution in [1.29, 1.82) is 0 Å². The van der Waals surface area contributed by atoms with E-state index in [2.05, 4.69) is 4.98 Å². The lowest BCUT2D eigenvalue weighted by Gasteiger charge is -2.12. The molecule has 98 valence electrons. The lowest BCUT2D eigenvalue weighted by Crippen LogP contribution is -2.15. The summed E-state index contributed by atoms with van der Waals surface area (Å²) in [4.78, 5) is 5.58. The van der Waals surface area contributed by atoms with E-state index in [4.69, 9.17) is 4.42 Å². The van der Waals surface area contributed by atoms with Crippen molar-refractivity contribution in [3.63, 3.8) is 0 Å². The quantitative estimate of drug-likeness (QED) is 0.908. The highest BCUT2D eigenvalue weighted by Crippen LogP contribution is 2.28. The molecule has 2 aromatic rings. The van der Waals surface area contributed by atoms with Crippen LogP contribution >= 0.6 is 23.1 Å². The molecule has 0 saturated heterocycles. The highest BCUT2D eigenvalue weighted by atomic mass is 32.2. The first kappa shape index (κ1) is 13.6. The van der Waals surface area contributed by atoms with E-state index in [-0.39, 0.29) is 11.4 Å². The Bertz CT molecular complexity index is 491. The second-order valence-electron chi connectivity index (χ2n) is 4.26. The standard InChI is InChI=1S/C13H17NO2S2/c1-8(15)10(3)18-7-11-9(2)16-13(14-11)12-5-4-6-17-12/h4-6,8,10,15H,7H2,1-3H3/t8-,10+/m0/s1. The average Bonchev–Trinajstić information content (AvgIpc) is 2.94. The van der Waals surface area contributed by atoms with E-state index in [9.17, 15) is 5.11 Å². The minimum absolute atomic E-state index is 0.200. The van der Waals surface area contributed by atoms with Gasteiger partial charge in [-0.15, -0.1) is 23.1 Å². The fourth-order valence-corrected chi connectivity index (χ4v) is 3.03. The zero-order chi connectivity index (χ0) is 13.1. The molecule has 0 bridgehead atoms. The molecule has 0 radical (unpaired) electrons. The van der Waals surface area contributed by atoms with Gasteiger partial charge in [0.25, 0.3) is 0 Å². The van der Waals surface area contributed by atoms with Crippen LogP contribution in [0.3, 0.4) is 0 Å². The molecule has 0 aromatic carbocycles. The van der Waals surface area contributed by atoms with Crippen LogP contribution in [0.4, 0.5) is 0 Å². The van der Waals surface area contributed by atoms with Crippen LogP contribution in [0.25, 0.3) is 10.8 Å². The number of thiophene rings is 1. The van der Waals surface area contributed by atoms with Gasteiger partial charge in [0.2, 0.25) is 5.89 Å². The lowest BCUT2D eigenvalue weighted by atomic mass is 10.3. The molecular formula is C13H17NO2S2. The van der Waals surface area contributed by atoms with Crippen LogP contribution in [0.5, 0.6) is 0 Å². The summed E-state index contributed by atoms with van der Waals surface area (Å²) in [5.74, 6) is 2.33. The summed E-state index contributed by atoms with van der Waals surface area (Å²) in [7, 11) is 0. The summed E-state index contributed by atoms with van der Waals surface area (Å²) < 4.78 is 5.68. The maximum atomic E-state index is 9.46. The Hall–Kier alpha value is -0.780. The van der Waals surface area contributed by atoms with Gasteiger partial charge in [0.1, 0.15) is 5.76 Å². The molecule has 0 aliphatic carbocycles. The van der Waals surface area contributed by atoms with Crippen LogP contribution in [-0.2, 0) is 5.75 Å². The second kappa shape index (κ2) is 5.91. The van der Waals surface area contributed by atoms with E-state index in [0.717, 1.165) is 22.1 Å². The van der Waals surface area contributed by atoms with E-state index >= 15 is 0 Å². The molecule has 18 heavy (non-hydrogen) atoms. The van der Waals surface area contributed by atoms with Gasteiger partial charge < -0.3 is 9.52 Å². The predicted octanol–water partition coefficient (Wildman–Crippen LogP) is 3.71. The summed E-state index contributed by atoms with van der Waals surface area (Å²) in [6.07, 6.45) is -0.307. The Morgan fingerprint density at radius 3 is 2.89 bits per heavy atom. The molecule has 1 N–H and O–H groups in total. The van der Waals surface area contributed by atoms with Gasteiger partial charge in [-0.2, -0.15) is 0 Å². The van der Waals surface area contributed by atoms with Crippen LogP contribution in [0, 0.1) is 6.92 Å². The van der Waals surface area contributed by atoms with Crippen molar-refractivity contribution < 1.29 is 9.52 Å². The first-order valence-electron chi connectivity index (χ1n) is 5.87. The maximum absolute atomic E-state index is 9.46. The van der Waals surface area contributed by atoms with Crippen molar-refractivity contribution in [3.05, 3.63) is 29.0 Å². The third-order valence-corrected chi connectivity index (χ3v) is 5.00. The third-order valence-electron chi connectivity index (χ3n) is 2.79. The Morgan fingerprint density at radius 2 is 2.28 bits per heavy atom. The molecule has 3 nitrogen and oxygen atoms in total. The molecule has 0 saturated carbocycles. The fraction of sp³-hybridized carbons (Fsp3) is 0.462. The fourth-order valence-electron chi connectivity index (χ4n) is 1.42. The minimum Gasteiger partial charge on any atom is -0.440 e. The topological polar surface area (TPSA) is 46.3 Å². The molecular weight excluding hydrogens is 266 g/mol. The molecule has 0 unspecified atom stereocenters.